The maximum absolute atomic E-state index is 11.8. The Bertz CT molecular complexity index is 375. The van der Waals surface area contributed by atoms with Crippen molar-refractivity contribution in [2.75, 3.05) is 20.1 Å². The molecule has 1 aliphatic rings. The molecule has 0 aliphatic carbocycles. The monoisotopic (exact) mass is 271 g/mol. The molecule has 0 aromatic rings. The lowest BCUT2D eigenvalue weighted by atomic mass is 9.80. The van der Waals surface area contributed by atoms with Gasteiger partial charge in [0.05, 0.1) is 11.5 Å². The van der Waals surface area contributed by atoms with Crippen molar-refractivity contribution < 1.29 is 19.5 Å². The van der Waals surface area contributed by atoms with Crippen molar-refractivity contribution in [1.82, 2.24) is 15.5 Å². The molecule has 3 amide bonds. The van der Waals surface area contributed by atoms with Crippen molar-refractivity contribution in [3.8, 4) is 0 Å². The minimum atomic E-state index is -0.797. The van der Waals surface area contributed by atoms with E-state index in [1.54, 1.807) is 13.8 Å². The number of carbonyl (C=O) groups is 3. The first-order valence-electron chi connectivity index (χ1n) is 6.30. The zero-order valence-electron chi connectivity index (χ0n) is 11.5. The zero-order chi connectivity index (χ0) is 14.6. The van der Waals surface area contributed by atoms with Crippen molar-refractivity contribution in [2.24, 2.45) is 5.41 Å². The molecule has 1 fully saturated rings. The quantitative estimate of drug-likeness (QED) is 0.672. The normalized spacial score (nSPS) is 20.4. The number of piperidine rings is 1. The molecule has 1 heterocycles. The molecule has 3 N–H and O–H groups in total. The lowest BCUT2D eigenvalue weighted by molar-refractivity contribution is -0.151. The lowest BCUT2D eigenvalue weighted by Gasteiger charge is -2.38. The molecule has 19 heavy (non-hydrogen) atoms. The topological polar surface area (TPSA) is 98.7 Å². The highest BCUT2D eigenvalue weighted by Gasteiger charge is 2.38. The van der Waals surface area contributed by atoms with Gasteiger partial charge in [-0.15, -0.1) is 0 Å². The Kier molecular flexibility index (Phi) is 4.88. The SMILES string of the molecule is CNC(=O)NC(=O)C(C)N1CCC(C)(C(=O)O)CC1. The second kappa shape index (κ2) is 6.01. The summed E-state index contributed by atoms with van der Waals surface area (Å²) in [5.41, 5.74) is -0.715. The van der Waals surface area contributed by atoms with E-state index >= 15 is 0 Å². The Hall–Kier alpha value is -1.63. The molecular weight excluding hydrogens is 250 g/mol. The minimum absolute atomic E-state index is 0.377. The number of hydrogen-bond acceptors (Lipinski definition) is 4. The van der Waals surface area contributed by atoms with E-state index in [1.807, 2.05) is 4.90 Å². The van der Waals surface area contributed by atoms with Gasteiger partial charge in [-0.1, -0.05) is 0 Å². The molecule has 7 nitrogen and oxygen atoms in total. The van der Waals surface area contributed by atoms with E-state index in [9.17, 15) is 14.4 Å². The van der Waals surface area contributed by atoms with Crippen molar-refractivity contribution >= 4 is 17.9 Å². The van der Waals surface area contributed by atoms with E-state index in [-0.39, 0.29) is 5.91 Å². The Labute approximate surface area is 112 Å². The molecule has 0 bridgehead atoms. The number of nitrogens with one attached hydrogen (secondary N) is 2. The highest BCUT2D eigenvalue weighted by molar-refractivity contribution is 5.96. The van der Waals surface area contributed by atoms with Gasteiger partial charge in [-0.3, -0.25) is 19.8 Å². The van der Waals surface area contributed by atoms with Gasteiger partial charge in [-0.05, 0) is 39.8 Å². The standard InChI is InChI=1S/C12H21N3O4/c1-8(9(16)14-11(19)13-3)15-6-4-12(2,5-7-15)10(17)18/h8H,4-7H2,1-3H3,(H,17,18)(H2,13,14,16,19). The molecule has 1 saturated heterocycles. The lowest BCUT2D eigenvalue weighted by Crippen LogP contribution is -2.53. The second-order valence-electron chi connectivity index (χ2n) is 5.15. The Balaban J connectivity index is 2.53. The van der Waals surface area contributed by atoms with E-state index in [2.05, 4.69) is 10.6 Å². The van der Waals surface area contributed by atoms with Gasteiger partial charge < -0.3 is 10.4 Å². The average molecular weight is 271 g/mol. The first-order valence-corrected chi connectivity index (χ1v) is 6.30. The second-order valence-corrected chi connectivity index (χ2v) is 5.15. The predicted octanol–water partition coefficient (Wildman–Crippen LogP) is 0.0172. The molecule has 0 aromatic carbocycles. The van der Waals surface area contributed by atoms with E-state index < -0.39 is 23.5 Å². The highest BCUT2D eigenvalue weighted by atomic mass is 16.4. The third-order valence-corrected chi connectivity index (χ3v) is 3.81. The van der Waals surface area contributed by atoms with Crippen molar-refractivity contribution in [3.05, 3.63) is 0 Å². The number of imide groups is 1. The number of carboxylic acid groups (broad SMARTS) is 1. The summed E-state index contributed by atoms with van der Waals surface area (Å²) in [5.74, 6) is -1.17. The van der Waals surface area contributed by atoms with Crippen LogP contribution >= 0.6 is 0 Å². The Morgan fingerprint density at radius 3 is 2.21 bits per heavy atom. The maximum Gasteiger partial charge on any atom is 0.321 e. The number of rotatable bonds is 3. The van der Waals surface area contributed by atoms with Crippen LogP contribution in [0.15, 0.2) is 0 Å². The van der Waals surface area contributed by atoms with E-state index in [4.69, 9.17) is 5.11 Å². The van der Waals surface area contributed by atoms with Crippen LogP contribution < -0.4 is 10.6 Å². The van der Waals surface area contributed by atoms with Gasteiger partial charge >= 0.3 is 12.0 Å². The number of likely N-dealkylation sites (tertiary alicyclic amines) is 1. The molecule has 0 saturated carbocycles. The van der Waals surface area contributed by atoms with Crippen LogP contribution in [0.25, 0.3) is 0 Å². The molecule has 108 valence electrons. The minimum Gasteiger partial charge on any atom is -0.481 e. The largest absolute Gasteiger partial charge is 0.481 e. The molecule has 0 aromatic heterocycles. The fraction of sp³-hybridized carbons (Fsp3) is 0.750. The molecule has 0 spiro atoms. The van der Waals surface area contributed by atoms with Crippen LogP contribution in [0.3, 0.4) is 0 Å². The van der Waals surface area contributed by atoms with Crippen LogP contribution in [0.2, 0.25) is 0 Å². The first-order chi connectivity index (χ1) is 8.80. The Morgan fingerprint density at radius 1 is 1.26 bits per heavy atom. The maximum atomic E-state index is 11.8. The van der Waals surface area contributed by atoms with E-state index in [0.29, 0.717) is 25.9 Å². The van der Waals surface area contributed by atoms with Crippen LogP contribution in [0.4, 0.5) is 4.79 Å². The van der Waals surface area contributed by atoms with Crippen LogP contribution in [0.1, 0.15) is 26.7 Å². The smallest absolute Gasteiger partial charge is 0.321 e. The summed E-state index contributed by atoms with van der Waals surface area (Å²) in [6.07, 6.45) is 1.000. The number of amides is 3. The molecule has 7 heteroatoms. The molecule has 1 rings (SSSR count). The number of hydrogen-bond donors (Lipinski definition) is 3. The molecule has 0 radical (unpaired) electrons. The van der Waals surface area contributed by atoms with Gasteiger partial charge in [0.15, 0.2) is 0 Å². The van der Waals surface area contributed by atoms with Gasteiger partial charge in [0.2, 0.25) is 5.91 Å². The number of carbonyl (C=O) groups excluding carboxylic acids is 2. The predicted molar refractivity (Wildman–Crippen MR) is 68.6 cm³/mol. The van der Waals surface area contributed by atoms with Gasteiger partial charge in [0.25, 0.3) is 0 Å². The van der Waals surface area contributed by atoms with Gasteiger partial charge in [-0.25, -0.2) is 4.79 Å². The fourth-order valence-electron chi connectivity index (χ4n) is 2.06. The third kappa shape index (κ3) is 3.66. The summed E-state index contributed by atoms with van der Waals surface area (Å²) in [4.78, 5) is 35.9. The number of urea groups is 1. The fourth-order valence-corrected chi connectivity index (χ4v) is 2.06. The van der Waals surface area contributed by atoms with Crippen LogP contribution in [-0.2, 0) is 9.59 Å². The molecular formula is C12H21N3O4. The number of aliphatic carboxylic acids is 1. The van der Waals surface area contributed by atoms with Crippen molar-refractivity contribution in [2.45, 2.75) is 32.7 Å². The molecule has 1 aliphatic heterocycles. The Morgan fingerprint density at radius 2 is 1.79 bits per heavy atom. The average Bonchev–Trinajstić information content (AvgIpc) is 2.38. The zero-order valence-corrected chi connectivity index (χ0v) is 11.5. The first kappa shape index (κ1) is 15.4. The van der Waals surface area contributed by atoms with E-state index in [0.717, 1.165) is 0 Å². The summed E-state index contributed by atoms with van der Waals surface area (Å²) in [6, 6.07) is -0.986. The summed E-state index contributed by atoms with van der Waals surface area (Å²) >= 11 is 0. The van der Waals surface area contributed by atoms with Crippen LogP contribution in [-0.4, -0.2) is 54.1 Å². The third-order valence-electron chi connectivity index (χ3n) is 3.81. The van der Waals surface area contributed by atoms with Gasteiger partial charge in [0, 0.05) is 7.05 Å². The van der Waals surface area contributed by atoms with Crippen molar-refractivity contribution in [3.63, 3.8) is 0 Å². The van der Waals surface area contributed by atoms with Crippen LogP contribution in [0.5, 0.6) is 0 Å². The van der Waals surface area contributed by atoms with Gasteiger partial charge in [-0.2, -0.15) is 0 Å². The van der Waals surface area contributed by atoms with Gasteiger partial charge in [0.1, 0.15) is 0 Å². The number of carboxylic acids is 1. The summed E-state index contributed by atoms with van der Waals surface area (Å²) in [6.45, 7) is 4.50. The van der Waals surface area contributed by atoms with Crippen LogP contribution in [0, 0.1) is 5.41 Å². The van der Waals surface area contributed by atoms with Crippen molar-refractivity contribution in [1.29, 1.82) is 0 Å². The number of nitrogens with zero attached hydrogens (tertiary/aromatic N) is 1. The molecule has 1 atom stereocenters. The van der Waals surface area contributed by atoms with E-state index in [1.165, 1.54) is 7.05 Å². The summed E-state index contributed by atoms with van der Waals surface area (Å²) in [7, 11) is 1.44. The molecule has 1 unspecified atom stereocenters. The highest BCUT2D eigenvalue weighted by Crippen LogP contribution is 2.31. The summed E-state index contributed by atoms with van der Waals surface area (Å²) in [5, 5.41) is 13.7. The summed E-state index contributed by atoms with van der Waals surface area (Å²) < 4.78 is 0.